The molecule has 1 N–H and O–H groups in total. The lowest BCUT2D eigenvalue weighted by Gasteiger charge is -2.37. The van der Waals surface area contributed by atoms with Crippen LogP contribution in [0.2, 0.25) is 15.1 Å². The first kappa shape index (κ1) is 22.5. The second kappa shape index (κ2) is 9.17. The number of hydrogen-bond acceptors (Lipinski definition) is 4. The van der Waals surface area contributed by atoms with Gasteiger partial charge in [0.25, 0.3) is 0 Å². The second-order valence-corrected chi connectivity index (χ2v) is 9.90. The van der Waals surface area contributed by atoms with Crippen molar-refractivity contribution in [2.24, 2.45) is 0 Å². The fourth-order valence-electron chi connectivity index (χ4n) is 4.98. The Morgan fingerprint density at radius 3 is 2.03 bits per heavy atom. The lowest BCUT2D eigenvalue weighted by Crippen LogP contribution is -2.36. The van der Waals surface area contributed by atoms with Crippen LogP contribution >= 0.6 is 34.8 Å². The molecule has 170 valence electrons. The molecule has 0 aromatic heterocycles. The van der Waals surface area contributed by atoms with Crippen LogP contribution in [0.4, 0.5) is 0 Å². The van der Waals surface area contributed by atoms with E-state index in [1.165, 1.54) is 0 Å². The molecule has 7 heteroatoms. The van der Waals surface area contributed by atoms with E-state index in [9.17, 15) is 9.59 Å². The summed E-state index contributed by atoms with van der Waals surface area (Å²) in [5.41, 5.74) is 4.68. The summed E-state index contributed by atoms with van der Waals surface area (Å²) in [5.74, 6) is 0.0171. The van der Waals surface area contributed by atoms with E-state index in [0.717, 1.165) is 42.6 Å². The van der Waals surface area contributed by atoms with Gasteiger partial charge in [-0.15, -0.1) is 0 Å². The molecule has 0 spiro atoms. The van der Waals surface area contributed by atoms with Crippen LogP contribution in [0.1, 0.15) is 55.6 Å². The number of ether oxygens (including phenoxy) is 1. The molecular weight excluding hydrogens is 481 g/mol. The number of Topliss-reactive ketones (excluding diaryl/α,β-unsaturated/α-hetero) is 2. The molecule has 2 aromatic carbocycles. The van der Waals surface area contributed by atoms with Crippen LogP contribution in [0, 0.1) is 0 Å². The molecule has 0 unspecified atom stereocenters. The minimum Gasteiger partial charge on any atom is -0.487 e. The van der Waals surface area contributed by atoms with Gasteiger partial charge in [-0.05, 0) is 55.5 Å². The molecule has 4 nitrogen and oxygen atoms in total. The Hall–Kier alpha value is -2.27. The monoisotopic (exact) mass is 501 g/mol. The molecule has 0 radical (unpaired) electrons. The summed E-state index contributed by atoms with van der Waals surface area (Å²) in [7, 11) is 0. The second-order valence-electron chi connectivity index (χ2n) is 8.62. The van der Waals surface area contributed by atoms with Gasteiger partial charge in [0, 0.05) is 56.9 Å². The quantitative estimate of drug-likeness (QED) is 0.493. The van der Waals surface area contributed by atoms with Crippen molar-refractivity contribution in [1.29, 1.82) is 0 Å². The summed E-state index contributed by atoms with van der Waals surface area (Å²) in [6.07, 6.45) is 4.07. The zero-order valence-corrected chi connectivity index (χ0v) is 20.1. The third kappa shape index (κ3) is 4.32. The number of nitrogens with one attached hydrogen (secondary N) is 1. The maximum absolute atomic E-state index is 13.1. The van der Waals surface area contributed by atoms with E-state index in [0.29, 0.717) is 50.4 Å². The highest BCUT2D eigenvalue weighted by molar-refractivity contribution is 6.35. The average molecular weight is 503 g/mol. The van der Waals surface area contributed by atoms with Crippen LogP contribution < -0.4 is 10.1 Å². The van der Waals surface area contributed by atoms with Gasteiger partial charge >= 0.3 is 0 Å². The first-order valence-electron chi connectivity index (χ1n) is 11.1. The highest BCUT2D eigenvalue weighted by Crippen LogP contribution is 2.49. The Morgan fingerprint density at radius 1 is 0.818 bits per heavy atom. The largest absolute Gasteiger partial charge is 0.487 e. The Kier molecular flexibility index (Phi) is 6.26. The summed E-state index contributed by atoms with van der Waals surface area (Å²) < 4.78 is 6.21. The Bertz CT molecular complexity index is 1170. The fourth-order valence-corrected chi connectivity index (χ4v) is 5.67. The number of carbonyl (C=O) groups is 2. The minimum absolute atomic E-state index is 0.0541. The average Bonchev–Trinajstić information content (AvgIpc) is 2.78. The van der Waals surface area contributed by atoms with Crippen molar-refractivity contribution in [3.05, 3.63) is 85.1 Å². The summed E-state index contributed by atoms with van der Waals surface area (Å²) in [6, 6.07) is 10.8. The SMILES string of the molecule is O=C1CCCC2=C1C(c1cc(Cl)cc(Cl)c1OCc1ccc(Cl)cc1)C1=C(CCCC1=O)N2. The van der Waals surface area contributed by atoms with Crippen LogP contribution in [0.15, 0.2) is 58.9 Å². The van der Waals surface area contributed by atoms with E-state index in [1.54, 1.807) is 24.3 Å². The van der Waals surface area contributed by atoms with E-state index in [2.05, 4.69) is 5.32 Å². The third-order valence-corrected chi connectivity index (χ3v) is 7.19. The number of rotatable bonds is 4. The van der Waals surface area contributed by atoms with E-state index in [-0.39, 0.29) is 18.2 Å². The van der Waals surface area contributed by atoms with Gasteiger partial charge in [-0.1, -0.05) is 46.9 Å². The number of hydrogen-bond donors (Lipinski definition) is 1. The van der Waals surface area contributed by atoms with Crippen molar-refractivity contribution >= 4 is 46.4 Å². The molecule has 1 heterocycles. The summed E-state index contributed by atoms with van der Waals surface area (Å²) in [4.78, 5) is 26.3. The molecule has 5 rings (SSSR count). The van der Waals surface area contributed by atoms with Crippen molar-refractivity contribution in [2.75, 3.05) is 0 Å². The predicted molar refractivity (Wildman–Crippen MR) is 130 cm³/mol. The summed E-state index contributed by atoms with van der Waals surface area (Å²) in [6.45, 7) is 0.260. The molecular formula is C26H22Cl3NO3. The Morgan fingerprint density at radius 2 is 1.42 bits per heavy atom. The zero-order chi connectivity index (χ0) is 23.1. The van der Waals surface area contributed by atoms with Gasteiger partial charge in [0.1, 0.15) is 12.4 Å². The van der Waals surface area contributed by atoms with Gasteiger partial charge in [0.2, 0.25) is 0 Å². The standard InChI is InChI=1S/C26H22Cl3NO3/c27-15-9-7-14(8-10-15)13-33-26-17(11-16(28)12-18(26)29)23-24-19(3-1-5-21(24)31)30-20-4-2-6-22(32)25(20)23/h7-12,23,30H,1-6,13H2. The number of halogens is 3. The number of dihydropyridines is 1. The molecule has 0 bridgehead atoms. The van der Waals surface area contributed by atoms with Gasteiger partial charge in [0.05, 0.1) is 5.02 Å². The van der Waals surface area contributed by atoms with E-state index in [1.807, 2.05) is 12.1 Å². The zero-order valence-electron chi connectivity index (χ0n) is 17.8. The normalized spacial score (nSPS) is 18.8. The molecule has 0 atom stereocenters. The summed E-state index contributed by atoms with van der Waals surface area (Å²) >= 11 is 19.0. The van der Waals surface area contributed by atoms with Gasteiger partial charge in [-0.3, -0.25) is 9.59 Å². The van der Waals surface area contributed by atoms with E-state index < -0.39 is 5.92 Å². The first-order valence-corrected chi connectivity index (χ1v) is 12.2. The van der Waals surface area contributed by atoms with E-state index in [4.69, 9.17) is 39.5 Å². The molecule has 33 heavy (non-hydrogen) atoms. The predicted octanol–water partition coefficient (Wildman–Crippen LogP) is 6.93. The number of allylic oxidation sites excluding steroid dienone is 4. The number of carbonyl (C=O) groups excluding carboxylic acids is 2. The summed E-state index contributed by atoms with van der Waals surface area (Å²) in [5, 5.41) is 4.85. The van der Waals surface area contributed by atoms with Crippen molar-refractivity contribution in [3.63, 3.8) is 0 Å². The maximum Gasteiger partial charge on any atom is 0.161 e. The molecule has 3 aliphatic rings. The van der Waals surface area contributed by atoms with Gasteiger partial charge in [0.15, 0.2) is 11.6 Å². The van der Waals surface area contributed by atoms with Gasteiger partial charge in [-0.2, -0.15) is 0 Å². The topological polar surface area (TPSA) is 55.4 Å². The maximum atomic E-state index is 13.1. The molecule has 2 aliphatic carbocycles. The number of ketones is 2. The van der Waals surface area contributed by atoms with Crippen molar-refractivity contribution in [3.8, 4) is 5.75 Å². The van der Waals surface area contributed by atoms with Gasteiger partial charge in [-0.25, -0.2) is 0 Å². The molecule has 2 aromatic rings. The lowest BCUT2D eigenvalue weighted by atomic mass is 9.71. The van der Waals surface area contributed by atoms with Crippen molar-refractivity contribution < 1.29 is 14.3 Å². The molecule has 0 amide bonds. The van der Waals surface area contributed by atoms with E-state index >= 15 is 0 Å². The van der Waals surface area contributed by atoms with Crippen LogP contribution in [-0.4, -0.2) is 11.6 Å². The highest BCUT2D eigenvalue weighted by atomic mass is 35.5. The van der Waals surface area contributed by atoms with Gasteiger partial charge < -0.3 is 10.1 Å². The molecule has 0 saturated carbocycles. The van der Waals surface area contributed by atoms with Crippen LogP contribution in [0.3, 0.4) is 0 Å². The van der Waals surface area contributed by atoms with Crippen LogP contribution in [0.5, 0.6) is 5.75 Å². The molecule has 0 fully saturated rings. The highest BCUT2D eigenvalue weighted by Gasteiger charge is 2.41. The minimum atomic E-state index is -0.534. The third-order valence-electron chi connectivity index (χ3n) is 6.44. The number of benzene rings is 2. The van der Waals surface area contributed by atoms with Crippen LogP contribution in [0.25, 0.3) is 0 Å². The smallest absolute Gasteiger partial charge is 0.161 e. The molecule has 0 saturated heterocycles. The van der Waals surface area contributed by atoms with Crippen molar-refractivity contribution in [2.45, 2.75) is 51.0 Å². The van der Waals surface area contributed by atoms with Crippen LogP contribution in [-0.2, 0) is 16.2 Å². The molecule has 1 aliphatic heterocycles. The lowest BCUT2D eigenvalue weighted by molar-refractivity contribution is -0.116. The first-order chi connectivity index (χ1) is 15.9. The Labute approximate surface area is 207 Å². The van der Waals surface area contributed by atoms with Crippen molar-refractivity contribution in [1.82, 2.24) is 5.32 Å². The fraction of sp³-hybridized carbons (Fsp3) is 0.308. The Balaban J connectivity index is 1.63.